The second-order valence-corrected chi connectivity index (χ2v) is 7.66. The van der Waals surface area contributed by atoms with Crippen LogP contribution in [0.2, 0.25) is 0 Å². The SMILES string of the molecule is CCc1cccc2c([C@H](CC(=O)NCc3ccco3)c3ccc4c(c3)OCO4)c[nH]c12. The van der Waals surface area contributed by atoms with Gasteiger partial charge in [-0.15, -0.1) is 0 Å². The van der Waals surface area contributed by atoms with Gasteiger partial charge in [-0.3, -0.25) is 4.79 Å². The largest absolute Gasteiger partial charge is 0.467 e. The van der Waals surface area contributed by atoms with Crippen molar-refractivity contribution in [2.45, 2.75) is 32.2 Å². The number of ether oxygens (including phenoxy) is 2. The Morgan fingerprint density at radius 3 is 2.87 bits per heavy atom. The van der Waals surface area contributed by atoms with Crippen LogP contribution in [0.5, 0.6) is 11.5 Å². The number of H-pyrrole nitrogens is 1. The lowest BCUT2D eigenvalue weighted by molar-refractivity contribution is -0.121. The molecule has 2 N–H and O–H groups in total. The van der Waals surface area contributed by atoms with Gasteiger partial charge in [-0.05, 0) is 47.4 Å². The van der Waals surface area contributed by atoms with E-state index in [1.165, 1.54) is 5.56 Å². The number of rotatable bonds is 7. The van der Waals surface area contributed by atoms with E-state index in [0.717, 1.165) is 40.0 Å². The lowest BCUT2D eigenvalue weighted by Gasteiger charge is -2.18. The summed E-state index contributed by atoms with van der Waals surface area (Å²) in [5.41, 5.74) is 4.50. The van der Waals surface area contributed by atoms with E-state index in [2.05, 4.69) is 35.4 Å². The summed E-state index contributed by atoms with van der Waals surface area (Å²) < 4.78 is 16.4. The predicted octanol–water partition coefficient (Wildman–Crippen LogP) is 4.89. The first-order valence-electron chi connectivity index (χ1n) is 10.5. The average Bonchev–Trinajstić information content (AvgIpc) is 3.56. The second kappa shape index (κ2) is 8.22. The van der Waals surface area contributed by atoms with E-state index in [4.69, 9.17) is 13.9 Å². The molecule has 5 rings (SSSR count). The topological polar surface area (TPSA) is 76.5 Å². The number of hydrogen-bond acceptors (Lipinski definition) is 4. The lowest BCUT2D eigenvalue weighted by atomic mass is 9.87. The molecule has 0 aliphatic carbocycles. The molecule has 0 saturated carbocycles. The molecule has 1 aliphatic heterocycles. The highest BCUT2D eigenvalue weighted by Gasteiger charge is 2.24. The highest BCUT2D eigenvalue weighted by Crippen LogP contribution is 2.39. The van der Waals surface area contributed by atoms with Gasteiger partial charge in [0.15, 0.2) is 11.5 Å². The molecule has 4 aromatic rings. The van der Waals surface area contributed by atoms with Crippen LogP contribution in [0.1, 0.15) is 41.7 Å². The molecule has 2 aromatic carbocycles. The van der Waals surface area contributed by atoms with E-state index in [0.29, 0.717) is 18.7 Å². The number of aromatic nitrogens is 1. The van der Waals surface area contributed by atoms with Crippen molar-refractivity contribution in [2.75, 3.05) is 6.79 Å². The molecule has 6 heteroatoms. The third-order valence-corrected chi connectivity index (χ3v) is 5.82. The van der Waals surface area contributed by atoms with Gasteiger partial charge in [0.1, 0.15) is 5.76 Å². The fraction of sp³-hybridized carbons (Fsp3) is 0.240. The average molecular weight is 416 g/mol. The van der Waals surface area contributed by atoms with Gasteiger partial charge in [0, 0.05) is 29.4 Å². The number of carbonyl (C=O) groups is 1. The molecule has 6 nitrogen and oxygen atoms in total. The van der Waals surface area contributed by atoms with Crippen molar-refractivity contribution in [1.29, 1.82) is 0 Å². The first kappa shape index (κ1) is 19.3. The van der Waals surface area contributed by atoms with Crippen molar-refractivity contribution in [3.8, 4) is 11.5 Å². The van der Waals surface area contributed by atoms with Crippen LogP contribution < -0.4 is 14.8 Å². The number of hydrogen-bond donors (Lipinski definition) is 2. The third-order valence-electron chi connectivity index (χ3n) is 5.82. The summed E-state index contributed by atoms with van der Waals surface area (Å²) in [6, 6.07) is 15.9. The Morgan fingerprint density at radius 1 is 1.13 bits per heavy atom. The Hall–Kier alpha value is -3.67. The number of amides is 1. The molecule has 0 spiro atoms. The Balaban J connectivity index is 1.49. The van der Waals surface area contributed by atoms with E-state index < -0.39 is 0 Å². The zero-order valence-corrected chi connectivity index (χ0v) is 17.3. The van der Waals surface area contributed by atoms with E-state index >= 15 is 0 Å². The molecule has 2 aromatic heterocycles. The lowest BCUT2D eigenvalue weighted by Crippen LogP contribution is -2.24. The first-order valence-corrected chi connectivity index (χ1v) is 10.5. The van der Waals surface area contributed by atoms with Crippen LogP contribution >= 0.6 is 0 Å². The van der Waals surface area contributed by atoms with Crippen LogP contribution in [-0.4, -0.2) is 17.7 Å². The fourth-order valence-electron chi connectivity index (χ4n) is 4.22. The van der Waals surface area contributed by atoms with Gasteiger partial charge in [-0.25, -0.2) is 0 Å². The summed E-state index contributed by atoms with van der Waals surface area (Å²) >= 11 is 0. The Labute approximate surface area is 180 Å². The number of para-hydroxylation sites is 1. The van der Waals surface area contributed by atoms with Crippen molar-refractivity contribution >= 4 is 16.8 Å². The molecular formula is C25H24N2O4. The number of aryl methyl sites for hydroxylation is 1. The number of carbonyl (C=O) groups excluding carboxylic acids is 1. The summed E-state index contributed by atoms with van der Waals surface area (Å²) in [5.74, 6) is 2.00. The van der Waals surface area contributed by atoms with Crippen molar-refractivity contribution in [2.24, 2.45) is 0 Å². The molecule has 0 bridgehead atoms. The summed E-state index contributed by atoms with van der Waals surface area (Å²) in [7, 11) is 0. The quantitative estimate of drug-likeness (QED) is 0.450. The van der Waals surface area contributed by atoms with E-state index in [9.17, 15) is 4.79 Å². The van der Waals surface area contributed by atoms with Crippen LogP contribution in [0.3, 0.4) is 0 Å². The molecular weight excluding hydrogens is 392 g/mol. The maximum Gasteiger partial charge on any atom is 0.231 e. The summed E-state index contributed by atoms with van der Waals surface area (Å²) in [4.78, 5) is 16.3. The van der Waals surface area contributed by atoms with E-state index in [1.54, 1.807) is 6.26 Å². The number of aromatic amines is 1. The minimum absolute atomic E-state index is 0.0416. The predicted molar refractivity (Wildman–Crippen MR) is 117 cm³/mol. The molecule has 158 valence electrons. The number of nitrogens with one attached hydrogen (secondary N) is 2. The van der Waals surface area contributed by atoms with Gasteiger partial charge in [-0.1, -0.05) is 31.2 Å². The monoisotopic (exact) mass is 416 g/mol. The van der Waals surface area contributed by atoms with Gasteiger partial charge < -0.3 is 24.2 Å². The molecule has 0 saturated heterocycles. The van der Waals surface area contributed by atoms with Gasteiger partial charge in [0.05, 0.1) is 12.8 Å². The highest BCUT2D eigenvalue weighted by molar-refractivity contribution is 5.88. The van der Waals surface area contributed by atoms with Crippen LogP contribution in [0.4, 0.5) is 0 Å². The van der Waals surface area contributed by atoms with Gasteiger partial charge in [0.25, 0.3) is 0 Å². The number of fused-ring (bicyclic) bond motifs is 2. The number of benzene rings is 2. The molecule has 0 radical (unpaired) electrons. The molecule has 31 heavy (non-hydrogen) atoms. The van der Waals surface area contributed by atoms with Crippen molar-refractivity contribution in [3.63, 3.8) is 0 Å². The molecule has 1 amide bonds. The standard InChI is InChI=1S/C25H24N2O4/c1-2-16-5-3-7-19-21(14-27-25(16)19)20(12-24(28)26-13-18-6-4-10-29-18)17-8-9-22-23(11-17)31-15-30-22/h3-11,14,20,27H,2,12-13,15H2,1H3,(H,26,28)/t20-/m1/s1. The van der Waals surface area contributed by atoms with Crippen LogP contribution in [0.25, 0.3) is 10.9 Å². The summed E-state index contributed by atoms with van der Waals surface area (Å²) in [5, 5.41) is 4.11. The number of furan rings is 1. The van der Waals surface area contributed by atoms with Crippen LogP contribution in [0.15, 0.2) is 65.4 Å². The summed E-state index contributed by atoms with van der Waals surface area (Å²) in [6.45, 7) is 2.74. The minimum Gasteiger partial charge on any atom is -0.467 e. The van der Waals surface area contributed by atoms with Crippen molar-refractivity contribution in [3.05, 3.63) is 83.4 Å². The van der Waals surface area contributed by atoms with E-state index in [1.807, 2.05) is 36.5 Å². The van der Waals surface area contributed by atoms with E-state index in [-0.39, 0.29) is 18.6 Å². The van der Waals surface area contributed by atoms with Gasteiger partial charge in [0.2, 0.25) is 12.7 Å². The second-order valence-electron chi connectivity index (χ2n) is 7.66. The maximum absolute atomic E-state index is 12.9. The van der Waals surface area contributed by atoms with Crippen LogP contribution in [0, 0.1) is 0 Å². The van der Waals surface area contributed by atoms with Gasteiger partial charge in [-0.2, -0.15) is 0 Å². The molecule has 0 unspecified atom stereocenters. The zero-order chi connectivity index (χ0) is 21.2. The highest BCUT2D eigenvalue weighted by atomic mass is 16.7. The molecule has 3 heterocycles. The minimum atomic E-state index is -0.132. The Kier molecular flexibility index (Phi) is 5.12. The van der Waals surface area contributed by atoms with Crippen molar-refractivity contribution in [1.82, 2.24) is 10.3 Å². The normalized spacial score (nSPS) is 13.5. The third kappa shape index (κ3) is 3.77. The first-order chi connectivity index (χ1) is 15.2. The molecule has 0 fully saturated rings. The summed E-state index contributed by atoms with van der Waals surface area (Å²) in [6.07, 6.45) is 4.88. The van der Waals surface area contributed by atoms with Crippen LogP contribution in [-0.2, 0) is 17.8 Å². The zero-order valence-electron chi connectivity index (χ0n) is 17.3. The Bertz CT molecular complexity index is 1210. The van der Waals surface area contributed by atoms with Gasteiger partial charge >= 0.3 is 0 Å². The van der Waals surface area contributed by atoms with Crippen molar-refractivity contribution < 1.29 is 18.7 Å². The maximum atomic E-state index is 12.9. The molecule has 1 aliphatic rings. The Morgan fingerprint density at radius 2 is 2.03 bits per heavy atom. The fourth-order valence-corrected chi connectivity index (χ4v) is 4.22. The molecule has 1 atom stereocenters. The smallest absolute Gasteiger partial charge is 0.231 e.